The van der Waals surface area contributed by atoms with Crippen molar-refractivity contribution >= 4 is 17.7 Å². The van der Waals surface area contributed by atoms with Gasteiger partial charge in [0.05, 0.1) is 6.54 Å². The molecule has 4 N–H and O–H groups in total. The van der Waals surface area contributed by atoms with Crippen molar-refractivity contribution in [1.29, 1.82) is 0 Å². The fourth-order valence-electron chi connectivity index (χ4n) is 1.00. The van der Waals surface area contributed by atoms with Crippen LogP contribution in [-0.4, -0.2) is 18.3 Å². The Morgan fingerprint density at radius 3 is 2.57 bits per heavy atom. The number of aliphatic imine (C=N–C) groups is 1. The lowest BCUT2D eigenvalue weighted by Crippen LogP contribution is -2.23. The summed E-state index contributed by atoms with van der Waals surface area (Å²) in [5.74, 6) is 2.14. The molecule has 0 spiro atoms. The van der Waals surface area contributed by atoms with Crippen LogP contribution in [0, 0.1) is 0 Å². The van der Waals surface area contributed by atoms with E-state index in [9.17, 15) is 0 Å². The summed E-state index contributed by atoms with van der Waals surface area (Å²) < 4.78 is 0. The molecule has 0 radical (unpaired) electrons. The maximum Gasteiger partial charge on any atom is 0.185 e. The van der Waals surface area contributed by atoms with Crippen molar-refractivity contribution in [3.63, 3.8) is 0 Å². The maximum atomic E-state index is 5.20. The SMILES string of the molecule is NC(N)=NCCSCc1ccccc1. The maximum absolute atomic E-state index is 5.20. The molecule has 3 nitrogen and oxygen atoms in total. The van der Waals surface area contributed by atoms with E-state index in [4.69, 9.17) is 11.5 Å². The van der Waals surface area contributed by atoms with Gasteiger partial charge in [-0.3, -0.25) is 4.99 Å². The van der Waals surface area contributed by atoms with E-state index in [1.54, 1.807) is 0 Å². The van der Waals surface area contributed by atoms with Crippen LogP contribution in [0.5, 0.6) is 0 Å². The van der Waals surface area contributed by atoms with Gasteiger partial charge in [0.15, 0.2) is 5.96 Å². The molecule has 0 aliphatic rings. The van der Waals surface area contributed by atoms with Crippen LogP contribution < -0.4 is 11.5 Å². The molecule has 0 bridgehead atoms. The highest BCUT2D eigenvalue weighted by molar-refractivity contribution is 7.98. The lowest BCUT2D eigenvalue weighted by Gasteiger charge is -1.99. The van der Waals surface area contributed by atoms with Crippen LogP contribution in [0.25, 0.3) is 0 Å². The summed E-state index contributed by atoms with van der Waals surface area (Å²) in [6.07, 6.45) is 0. The van der Waals surface area contributed by atoms with E-state index in [1.807, 2.05) is 30.0 Å². The van der Waals surface area contributed by atoms with Crippen LogP contribution in [0.2, 0.25) is 0 Å². The van der Waals surface area contributed by atoms with E-state index in [0.29, 0.717) is 6.54 Å². The van der Waals surface area contributed by atoms with Crippen LogP contribution in [0.3, 0.4) is 0 Å². The third kappa shape index (κ3) is 4.77. The molecule has 1 aromatic carbocycles. The Morgan fingerprint density at radius 2 is 1.93 bits per heavy atom. The number of thioether (sulfide) groups is 1. The van der Waals surface area contributed by atoms with Crippen LogP contribution in [0.4, 0.5) is 0 Å². The lowest BCUT2D eigenvalue weighted by atomic mass is 10.2. The van der Waals surface area contributed by atoms with Gasteiger partial charge in [0.25, 0.3) is 0 Å². The summed E-state index contributed by atoms with van der Waals surface area (Å²) in [6, 6.07) is 10.4. The average molecular weight is 209 g/mol. The predicted octanol–water partition coefficient (Wildman–Crippen LogP) is 1.19. The van der Waals surface area contributed by atoms with E-state index in [0.717, 1.165) is 11.5 Å². The smallest absolute Gasteiger partial charge is 0.185 e. The molecule has 0 aliphatic carbocycles. The van der Waals surface area contributed by atoms with Crippen molar-refractivity contribution in [2.24, 2.45) is 16.5 Å². The molecule has 1 aromatic rings. The first-order valence-electron chi connectivity index (χ1n) is 4.46. The van der Waals surface area contributed by atoms with Gasteiger partial charge in [0.2, 0.25) is 0 Å². The van der Waals surface area contributed by atoms with Gasteiger partial charge in [0, 0.05) is 11.5 Å². The number of guanidine groups is 1. The highest BCUT2D eigenvalue weighted by Crippen LogP contribution is 2.10. The molecule has 0 heterocycles. The van der Waals surface area contributed by atoms with Crippen LogP contribution in [-0.2, 0) is 5.75 Å². The Labute approximate surface area is 88.6 Å². The quantitative estimate of drug-likeness (QED) is 0.435. The fourth-order valence-corrected chi connectivity index (χ4v) is 1.80. The summed E-state index contributed by atoms with van der Waals surface area (Å²) >= 11 is 1.83. The van der Waals surface area contributed by atoms with E-state index in [-0.39, 0.29) is 5.96 Å². The van der Waals surface area contributed by atoms with Crippen molar-refractivity contribution in [2.75, 3.05) is 12.3 Å². The Kier molecular flexibility index (Phi) is 4.93. The average Bonchev–Trinajstić information content (AvgIpc) is 2.18. The van der Waals surface area contributed by atoms with Gasteiger partial charge in [-0.25, -0.2) is 0 Å². The van der Waals surface area contributed by atoms with Crippen LogP contribution in [0.1, 0.15) is 5.56 Å². The molecule has 0 atom stereocenters. The van der Waals surface area contributed by atoms with Gasteiger partial charge >= 0.3 is 0 Å². The highest BCUT2D eigenvalue weighted by atomic mass is 32.2. The van der Waals surface area contributed by atoms with E-state index in [2.05, 4.69) is 17.1 Å². The number of nitrogens with zero attached hydrogens (tertiary/aromatic N) is 1. The fraction of sp³-hybridized carbons (Fsp3) is 0.300. The topological polar surface area (TPSA) is 64.4 Å². The molecule has 1 rings (SSSR count). The third-order valence-corrected chi connectivity index (χ3v) is 2.65. The monoisotopic (exact) mass is 209 g/mol. The van der Waals surface area contributed by atoms with E-state index in [1.165, 1.54) is 5.56 Å². The van der Waals surface area contributed by atoms with E-state index >= 15 is 0 Å². The molecular weight excluding hydrogens is 194 g/mol. The summed E-state index contributed by atoms with van der Waals surface area (Å²) in [5, 5.41) is 0. The number of hydrogen-bond donors (Lipinski definition) is 2. The third-order valence-electron chi connectivity index (χ3n) is 1.64. The molecule has 0 aliphatic heterocycles. The zero-order valence-electron chi connectivity index (χ0n) is 8.02. The Bertz CT molecular complexity index is 281. The number of benzene rings is 1. The first-order chi connectivity index (χ1) is 6.79. The summed E-state index contributed by atoms with van der Waals surface area (Å²) in [7, 11) is 0. The van der Waals surface area contributed by atoms with Gasteiger partial charge in [-0.2, -0.15) is 11.8 Å². The van der Waals surface area contributed by atoms with Gasteiger partial charge < -0.3 is 11.5 Å². The zero-order chi connectivity index (χ0) is 10.2. The standard InChI is InChI=1S/C10H15N3S/c11-10(12)13-6-7-14-8-9-4-2-1-3-5-9/h1-5H,6-8H2,(H4,11,12,13). The van der Waals surface area contributed by atoms with Crippen molar-refractivity contribution in [2.45, 2.75) is 5.75 Å². The summed E-state index contributed by atoms with van der Waals surface area (Å²) in [5.41, 5.74) is 11.7. The second-order valence-electron chi connectivity index (χ2n) is 2.84. The normalized spacial score (nSPS) is 9.71. The zero-order valence-corrected chi connectivity index (χ0v) is 8.83. The molecule has 0 amide bonds. The largest absolute Gasteiger partial charge is 0.370 e. The highest BCUT2D eigenvalue weighted by Gasteiger charge is 1.91. The molecule has 14 heavy (non-hydrogen) atoms. The number of hydrogen-bond acceptors (Lipinski definition) is 2. The molecule has 0 saturated heterocycles. The minimum absolute atomic E-state index is 0.172. The summed E-state index contributed by atoms with van der Waals surface area (Å²) in [6.45, 7) is 0.694. The van der Waals surface area contributed by atoms with Crippen LogP contribution >= 0.6 is 11.8 Å². The van der Waals surface area contributed by atoms with Crippen molar-refractivity contribution in [3.05, 3.63) is 35.9 Å². The second-order valence-corrected chi connectivity index (χ2v) is 3.95. The molecule has 0 unspecified atom stereocenters. The summed E-state index contributed by atoms with van der Waals surface area (Å²) in [4.78, 5) is 3.91. The first-order valence-corrected chi connectivity index (χ1v) is 5.61. The Balaban J connectivity index is 2.14. The van der Waals surface area contributed by atoms with Gasteiger partial charge in [-0.15, -0.1) is 0 Å². The molecule has 4 heteroatoms. The molecular formula is C10H15N3S. The first kappa shape index (κ1) is 10.9. The molecule has 0 aromatic heterocycles. The van der Waals surface area contributed by atoms with Crippen molar-refractivity contribution in [1.82, 2.24) is 0 Å². The Morgan fingerprint density at radius 1 is 1.21 bits per heavy atom. The number of nitrogens with two attached hydrogens (primary N) is 2. The Hall–Kier alpha value is -1.16. The minimum Gasteiger partial charge on any atom is -0.370 e. The predicted molar refractivity (Wildman–Crippen MR) is 63.3 cm³/mol. The minimum atomic E-state index is 0.172. The second kappa shape index (κ2) is 6.32. The van der Waals surface area contributed by atoms with Crippen molar-refractivity contribution in [3.8, 4) is 0 Å². The molecule has 0 saturated carbocycles. The molecule has 76 valence electrons. The molecule has 0 fully saturated rings. The van der Waals surface area contributed by atoms with E-state index < -0.39 is 0 Å². The lowest BCUT2D eigenvalue weighted by molar-refractivity contribution is 1.12. The van der Waals surface area contributed by atoms with Gasteiger partial charge in [0.1, 0.15) is 0 Å². The van der Waals surface area contributed by atoms with Crippen LogP contribution in [0.15, 0.2) is 35.3 Å². The van der Waals surface area contributed by atoms with Gasteiger partial charge in [-0.1, -0.05) is 30.3 Å². The van der Waals surface area contributed by atoms with Crippen molar-refractivity contribution < 1.29 is 0 Å². The van der Waals surface area contributed by atoms with Gasteiger partial charge in [-0.05, 0) is 5.56 Å². The number of rotatable bonds is 5.